The second-order valence-corrected chi connectivity index (χ2v) is 6.37. The zero-order chi connectivity index (χ0) is 19.6. The summed E-state index contributed by atoms with van der Waals surface area (Å²) in [5, 5.41) is 0.0814. The molecule has 8 heteroatoms. The molecule has 2 aromatic rings. The van der Waals surface area contributed by atoms with E-state index in [1.165, 1.54) is 12.1 Å². The van der Waals surface area contributed by atoms with Crippen LogP contribution in [0.3, 0.4) is 0 Å². The van der Waals surface area contributed by atoms with Crippen LogP contribution in [0.1, 0.15) is 38.0 Å². The van der Waals surface area contributed by atoms with Crippen LogP contribution in [-0.4, -0.2) is 42.4 Å². The second kappa shape index (κ2) is 7.98. The van der Waals surface area contributed by atoms with Crippen LogP contribution in [-0.2, 0) is 4.74 Å². The Hall–Kier alpha value is -2.57. The van der Waals surface area contributed by atoms with Gasteiger partial charge in [-0.05, 0) is 31.2 Å². The molecular formula is C19H15Cl2NO5. The number of fused-ring (bicyclic) bond motifs is 1. The van der Waals surface area contributed by atoms with Crippen molar-refractivity contribution in [3.8, 4) is 5.75 Å². The van der Waals surface area contributed by atoms with E-state index in [9.17, 15) is 14.4 Å². The summed E-state index contributed by atoms with van der Waals surface area (Å²) >= 11 is 12.3. The van der Waals surface area contributed by atoms with Crippen LogP contribution in [0.15, 0.2) is 36.4 Å². The Labute approximate surface area is 165 Å². The Morgan fingerprint density at radius 2 is 1.63 bits per heavy atom. The van der Waals surface area contributed by atoms with Crippen LogP contribution >= 0.6 is 23.2 Å². The number of ether oxygens (including phenoxy) is 2. The van der Waals surface area contributed by atoms with E-state index >= 15 is 0 Å². The summed E-state index contributed by atoms with van der Waals surface area (Å²) in [5.74, 6) is -1.06. The lowest BCUT2D eigenvalue weighted by atomic mass is 10.1. The minimum absolute atomic E-state index is 0.0216. The molecule has 0 spiro atoms. The average Bonchev–Trinajstić information content (AvgIpc) is 2.90. The predicted molar refractivity (Wildman–Crippen MR) is 99.7 cm³/mol. The van der Waals surface area contributed by atoms with Gasteiger partial charge in [0.05, 0.1) is 34.9 Å². The normalized spacial score (nSPS) is 12.9. The van der Waals surface area contributed by atoms with E-state index in [4.69, 9.17) is 32.7 Å². The summed E-state index contributed by atoms with van der Waals surface area (Å²) < 4.78 is 10.5. The first-order valence-corrected chi connectivity index (χ1v) is 8.94. The average molecular weight is 408 g/mol. The molecule has 0 atom stereocenters. The van der Waals surface area contributed by atoms with Crippen molar-refractivity contribution >= 4 is 41.0 Å². The number of halogens is 2. The summed E-state index contributed by atoms with van der Waals surface area (Å²) in [4.78, 5) is 37.5. The fraction of sp³-hybridized carbons (Fsp3) is 0.211. The van der Waals surface area contributed by atoms with Crippen LogP contribution < -0.4 is 4.74 Å². The molecule has 0 saturated carbocycles. The van der Waals surface area contributed by atoms with Gasteiger partial charge in [-0.2, -0.15) is 0 Å². The van der Waals surface area contributed by atoms with Gasteiger partial charge in [-0.25, -0.2) is 4.79 Å². The third-order valence-electron chi connectivity index (χ3n) is 3.99. The Morgan fingerprint density at radius 1 is 1.00 bits per heavy atom. The highest BCUT2D eigenvalue weighted by Gasteiger charge is 2.34. The van der Waals surface area contributed by atoms with E-state index in [0.717, 1.165) is 4.90 Å². The molecule has 27 heavy (non-hydrogen) atoms. The molecule has 0 N–H and O–H groups in total. The van der Waals surface area contributed by atoms with Crippen LogP contribution in [0.5, 0.6) is 5.75 Å². The predicted octanol–water partition coefficient (Wildman–Crippen LogP) is 3.85. The van der Waals surface area contributed by atoms with Gasteiger partial charge in [0.2, 0.25) is 0 Å². The molecule has 6 nitrogen and oxygen atoms in total. The van der Waals surface area contributed by atoms with Gasteiger partial charge < -0.3 is 9.47 Å². The maximum Gasteiger partial charge on any atom is 0.339 e. The molecule has 0 bridgehead atoms. The maximum atomic E-state index is 12.3. The topological polar surface area (TPSA) is 72.9 Å². The van der Waals surface area contributed by atoms with Gasteiger partial charge in [-0.3, -0.25) is 14.5 Å². The number of hydrogen-bond donors (Lipinski definition) is 0. The molecule has 0 aromatic heterocycles. The number of carbonyl (C=O) groups excluding carboxylic acids is 3. The number of amides is 2. The lowest BCUT2D eigenvalue weighted by Gasteiger charge is -2.16. The molecule has 0 aliphatic carbocycles. The van der Waals surface area contributed by atoms with Crippen molar-refractivity contribution in [2.24, 2.45) is 0 Å². The fourth-order valence-corrected chi connectivity index (χ4v) is 3.15. The van der Waals surface area contributed by atoms with Crippen molar-refractivity contribution in [2.75, 3.05) is 19.8 Å². The van der Waals surface area contributed by atoms with Crippen molar-refractivity contribution in [2.45, 2.75) is 6.92 Å². The van der Waals surface area contributed by atoms with Gasteiger partial charge in [0, 0.05) is 0 Å². The van der Waals surface area contributed by atoms with Gasteiger partial charge in [0.1, 0.15) is 17.4 Å². The number of esters is 1. The van der Waals surface area contributed by atoms with E-state index < -0.39 is 5.97 Å². The first-order valence-electron chi connectivity index (χ1n) is 8.18. The summed E-state index contributed by atoms with van der Waals surface area (Å²) in [6.45, 7) is 1.98. The molecule has 0 fully saturated rings. The molecule has 0 unspecified atom stereocenters. The van der Waals surface area contributed by atoms with Crippen molar-refractivity contribution < 1.29 is 23.9 Å². The molecular weight excluding hydrogens is 393 g/mol. The minimum Gasteiger partial charge on any atom is -0.490 e. The molecule has 0 saturated heterocycles. The summed E-state index contributed by atoms with van der Waals surface area (Å²) in [6, 6.07) is 9.57. The molecule has 2 amide bonds. The van der Waals surface area contributed by atoms with E-state index in [0.29, 0.717) is 11.1 Å². The fourth-order valence-electron chi connectivity index (χ4n) is 2.70. The molecule has 1 heterocycles. The zero-order valence-corrected chi connectivity index (χ0v) is 15.8. The van der Waals surface area contributed by atoms with E-state index in [1.54, 1.807) is 31.2 Å². The summed E-state index contributed by atoms with van der Waals surface area (Å²) in [5.41, 5.74) is 0.890. The monoisotopic (exact) mass is 407 g/mol. The molecule has 3 rings (SSSR count). The largest absolute Gasteiger partial charge is 0.490 e. The Bertz CT molecular complexity index is 893. The van der Waals surface area contributed by atoms with Crippen LogP contribution in [0.4, 0.5) is 0 Å². The molecule has 1 aliphatic heterocycles. The summed E-state index contributed by atoms with van der Waals surface area (Å²) in [7, 11) is 0. The first-order chi connectivity index (χ1) is 13.0. The maximum absolute atomic E-state index is 12.3. The van der Waals surface area contributed by atoms with Crippen molar-refractivity contribution in [1.29, 1.82) is 0 Å². The Morgan fingerprint density at radius 3 is 2.22 bits per heavy atom. The number of nitrogens with zero attached hydrogens (tertiary/aromatic N) is 1. The lowest BCUT2D eigenvalue weighted by molar-refractivity contribution is 0.0525. The first kappa shape index (κ1) is 19.2. The third kappa shape index (κ3) is 3.63. The number of carbonyl (C=O) groups is 3. The molecule has 0 radical (unpaired) electrons. The summed E-state index contributed by atoms with van der Waals surface area (Å²) in [6.07, 6.45) is 0. The van der Waals surface area contributed by atoms with Gasteiger partial charge >= 0.3 is 5.97 Å². The van der Waals surface area contributed by atoms with Gasteiger partial charge in [0.25, 0.3) is 11.8 Å². The van der Waals surface area contributed by atoms with Gasteiger partial charge in [0.15, 0.2) is 0 Å². The zero-order valence-electron chi connectivity index (χ0n) is 14.3. The van der Waals surface area contributed by atoms with Crippen molar-refractivity contribution in [1.82, 2.24) is 4.90 Å². The van der Waals surface area contributed by atoms with Crippen LogP contribution in [0.2, 0.25) is 10.0 Å². The molecule has 1 aliphatic rings. The van der Waals surface area contributed by atoms with E-state index in [2.05, 4.69) is 0 Å². The SMILES string of the molecule is CCOC(=O)c1ccc(OCCN2C(=O)c3ccccc3C2=O)c(Cl)c1Cl. The molecule has 2 aromatic carbocycles. The highest BCUT2D eigenvalue weighted by molar-refractivity contribution is 6.44. The minimum atomic E-state index is -0.582. The standard InChI is InChI=1S/C19H15Cl2NO5/c1-2-26-19(25)13-7-8-14(16(21)15(13)20)27-10-9-22-17(23)11-5-3-4-6-12(11)18(22)24/h3-8H,2,9-10H2,1H3. The Balaban J connectivity index is 1.66. The van der Waals surface area contributed by atoms with E-state index in [-0.39, 0.29) is 52.9 Å². The van der Waals surface area contributed by atoms with Crippen LogP contribution in [0, 0.1) is 0 Å². The number of benzene rings is 2. The Kier molecular flexibility index (Phi) is 5.68. The smallest absolute Gasteiger partial charge is 0.339 e. The number of rotatable bonds is 6. The van der Waals surface area contributed by atoms with Crippen LogP contribution in [0.25, 0.3) is 0 Å². The third-order valence-corrected chi connectivity index (χ3v) is 4.86. The van der Waals surface area contributed by atoms with Crippen molar-refractivity contribution in [3.63, 3.8) is 0 Å². The van der Waals surface area contributed by atoms with Gasteiger partial charge in [-0.1, -0.05) is 35.3 Å². The van der Waals surface area contributed by atoms with E-state index in [1.807, 2.05) is 0 Å². The molecule has 140 valence electrons. The number of imide groups is 1. The second-order valence-electron chi connectivity index (χ2n) is 5.62. The number of hydrogen-bond acceptors (Lipinski definition) is 5. The highest BCUT2D eigenvalue weighted by Crippen LogP contribution is 2.35. The highest BCUT2D eigenvalue weighted by atomic mass is 35.5. The van der Waals surface area contributed by atoms with Crippen molar-refractivity contribution in [3.05, 3.63) is 63.1 Å². The van der Waals surface area contributed by atoms with Gasteiger partial charge in [-0.15, -0.1) is 0 Å². The lowest BCUT2D eigenvalue weighted by Crippen LogP contribution is -2.33. The quantitative estimate of drug-likeness (QED) is 0.537.